The Labute approximate surface area is 142 Å². The third-order valence-corrected chi connectivity index (χ3v) is 4.93. The number of fused-ring (bicyclic) bond motifs is 1. The lowest BCUT2D eigenvalue weighted by molar-refractivity contribution is -0.890. The lowest BCUT2D eigenvalue weighted by Crippen LogP contribution is -3.06. The van der Waals surface area contributed by atoms with Gasteiger partial charge in [-0.25, -0.2) is 14.4 Å². The number of hydrogen-bond donors (Lipinski definition) is 2. The Kier molecular flexibility index (Phi) is 4.75. The topological polar surface area (TPSA) is 42.2 Å². The summed E-state index contributed by atoms with van der Waals surface area (Å²) in [6, 6.07) is 6.63. The van der Waals surface area contributed by atoms with Gasteiger partial charge in [-0.1, -0.05) is 17.7 Å². The molecule has 1 atom stereocenters. The highest BCUT2D eigenvalue weighted by molar-refractivity contribution is 7.16. The summed E-state index contributed by atoms with van der Waals surface area (Å²) in [5.74, 6) is 0.476. The first kappa shape index (κ1) is 16.1. The van der Waals surface area contributed by atoms with E-state index in [0.717, 1.165) is 20.9 Å². The number of anilines is 1. The van der Waals surface area contributed by atoms with Crippen LogP contribution in [0.3, 0.4) is 0 Å². The van der Waals surface area contributed by atoms with E-state index in [2.05, 4.69) is 15.3 Å². The van der Waals surface area contributed by atoms with Crippen molar-refractivity contribution in [3.05, 3.63) is 52.4 Å². The Bertz CT molecular complexity index is 800. The van der Waals surface area contributed by atoms with Crippen LogP contribution < -0.4 is 10.2 Å². The summed E-state index contributed by atoms with van der Waals surface area (Å²) in [5, 5.41) is 6.72. The van der Waals surface area contributed by atoms with E-state index in [1.807, 2.05) is 25.5 Å². The standard InChI is InChI=1S/C16H16ClFN4S/c1-22(2)13(14-11(17)4-3-5-12(14)18)8-19-15-10-6-7-23-16(10)21-9-20-15/h3-7,9,13H,8H2,1-2H3,(H,19,20,21)/p+1/t13-/m1/s1. The average molecular weight is 352 g/mol. The molecule has 4 nitrogen and oxygen atoms in total. The predicted octanol–water partition coefficient (Wildman–Crippen LogP) is 2.78. The zero-order valence-electron chi connectivity index (χ0n) is 12.8. The van der Waals surface area contributed by atoms with E-state index in [0.29, 0.717) is 17.1 Å². The molecule has 0 bridgehead atoms. The summed E-state index contributed by atoms with van der Waals surface area (Å²) >= 11 is 7.79. The molecule has 0 aliphatic rings. The van der Waals surface area contributed by atoms with Crippen molar-refractivity contribution in [1.29, 1.82) is 0 Å². The molecule has 23 heavy (non-hydrogen) atoms. The maximum atomic E-state index is 14.2. The van der Waals surface area contributed by atoms with Crippen molar-refractivity contribution in [3.8, 4) is 0 Å². The van der Waals surface area contributed by atoms with Gasteiger partial charge in [0.2, 0.25) is 0 Å². The van der Waals surface area contributed by atoms with Crippen molar-refractivity contribution in [2.45, 2.75) is 6.04 Å². The number of halogens is 2. The van der Waals surface area contributed by atoms with Gasteiger partial charge in [-0.15, -0.1) is 11.3 Å². The summed E-state index contributed by atoms with van der Waals surface area (Å²) in [5.41, 5.74) is 0.525. The largest absolute Gasteiger partial charge is 0.363 e. The maximum absolute atomic E-state index is 14.2. The van der Waals surface area contributed by atoms with Crippen molar-refractivity contribution in [2.75, 3.05) is 26.0 Å². The predicted molar refractivity (Wildman–Crippen MR) is 92.9 cm³/mol. The smallest absolute Gasteiger partial charge is 0.138 e. The highest BCUT2D eigenvalue weighted by atomic mass is 35.5. The van der Waals surface area contributed by atoms with Crippen LogP contribution in [0.15, 0.2) is 36.0 Å². The van der Waals surface area contributed by atoms with Crippen LogP contribution in [0.2, 0.25) is 5.02 Å². The van der Waals surface area contributed by atoms with Crippen LogP contribution in [0.25, 0.3) is 10.2 Å². The second-order valence-corrected chi connectivity index (χ2v) is 6.81. The molecular weight excluding hydrogens is 335 g/mol. The molecule has 2 heterocycles. The Morgan fingerprint density at radius 3 is 2.87 bits per heavy atom. The molecule has 7 heteroatoms. The summed E-state index contributed by atoms with van der Waals surface area (Å²) in [7, 11) is 3.96. The molecule has 0 saturated heterocycles. The third kappa shape index (κ3) is 3.29. The minimum Gasteiger partial charge on any atom is -0.363 e. The van der Waals surface area contributed by atoms with E-state index in [-0.39, 0.29) is 11.9 Å². The molecule has 1 aromatic carbocycles. The molecule has 0 aliphatic carbocycles. The van der Waals surface area contributed by atoms with Gasteiger partial charge in [0, 0.05) is 0 Å². The van der Waals surface area contributed by atoms with Crippen molar-refractivity contribution < 1.29 is 9.29 Å². The van der Waals surface area contributed by atoms with Gasteiger partial charge in [0.1, 0.15) is 28.8 Å². The molecule has 2 aromatic heterocycles. The highest BCUT2D eigenvalue weighted by Gasteiger charge is 2.24. The summed E-state index contributed by atoms with van der Waals surface area (Å²) < 4.78 is 14.2. The minimum atomic E-state index is -0.283. The van der Waals surface area contributed by atoms with Gasteiger partial charge in [-0.2, -0.15) is 0 Å². The molecule has 0 saturated carbocycles. The zero-order chi connectivity index (χ0) is 16.4. The quantitative estimate of drug-likeness (QED) is 0.742. The molecule has 3 aromatic rings. The van der Waals surface area contributed by atoms with Crippen LogP contribution >= 0.6 is 22.9 Å². The lowest BCUT2D eigenvalue weighted by Gasteiger charge is -2.23. The number of thiophene rings is 1. The average Bonchev–Trinajstić information content (AvgIpc) is 2.99. The van der Waals surface area contributed by atoms with Crippen molar-refractivity contribution in [3.63, 3.8) is 0 Å². The first-order chi connectivity index (χ1) is 11.1. The van der Waals surface area contributed by atoms with Crippen LogP contribution in [0.4, 0.5) is 10.2 Å². The second kappa shape index (κ2) is 6.78. The van der Waals surface area contributed by atoms with Crippen molar-refractivity contribution >= 4 is 39.0 Å². The van der Waals surface area contributed by atoms with E-state index in [9.17, 15) is 4.39 Å². The monoisotopic (exact) mass is 351 g/mol. The summed E-state index contributed by atoms with van der Waals surface area (Å²) in [6.45, 7) is 0.519. The van der Waals surface area contributed by atoms with Gasteiger partial charge in [0.15, 0.2) is 0 Å². The number of nitrogens with one attached hydrogen (secondary N) is 2. The van der Waals surface area contributed by atoms with E-state index in [1.54, 1.807) is 23.5 Å². The minimum absolute atomic E-state index is 0.132. The molecular formula is C16H17ClFN4S+. The number of benzene rings is 1. The Morgan fingerprint density at radius 1 is 1.30 bits per heavy atom. The maximum Gasteiger partial charge on any atom is 0.138 e. The first-order valence-corrected chi connectivity index (χ1v) is 8.49. The number of rotatable bonds is 5. The Hall–Kier alpha value is -1.76. The van der Waals surface area contributed by atoms with Gasteiger partial charge in [0.25, 0.3) is 0 Å². The van der Waals surface area contributed by atoms with Crippen LogP contribution in [-0.2, 0) is 0 Å². The molecule has 0 amide bonds. The normalized spacial score (nSPS) is 12.7. The molecule has 0 spiro atoms. The van der Waals surface area contributed by atoms with Crippen molar-refractivity contribution in [1.82, 2.24) is 9.97 Å². The number of quaternary nitrogens is 1. The number of aromatic nitrogens is 2. The van der Waals surface area contributed by atoms with Crippen molar-refractivity contribution in [2.24, 2.45) is 0 Å². The fourth-order valence-corrected chi connectivity index (χ4v) is 3.60. The van der Waals surface area contributed by atoms with Crippen LogP contribution in [0, 0.1) is 5.82 Å². The van der Waals surface area contributed by atoms with Gasteiger partial charge in [-0.05, 0) is 23.6 Å². The molecule has 0 radical (unpaired) electrons. The molecule has 3 rings (SSSR count). The molecule has 0 aliphatic heterocycles. The van der Waals surface area contributed by atoms with Gasteiger partial charge >= 0.3 is 0 Å². The molecule has 2 N–H and O–H groups in total. The van der Waals surface area contributed by atoms with E-state index < -0.39 is 0 Å². The van der Waals surface area contributed by atoms with Gasteiger partial charge in [-0.3, -0.25) is 0 Å². The second-order valence-electron chi connectivity index (χ2n) is 5.51. The Balaban J connectivity index is 1.88. The summed E-state index contributed by atoms with van der Waals surface area (Å²) in [6.07, 6.45) is 1.54. The van der Waals surface area contributed by atoms with E-state index in [1.165, 1.54) is 12.4 Å². The van der Waals surface area contributed by atoms with Crippen LogP contribution in [0.1, 0.15) is 11.6 Å². The van der Waals surface area contributed by atoms with Crippen LogP contribution in [-0.4, -0.2) is 30.6 Å². The highest BCUT2D eigenvalue weighted by Crippen LogP contribution is 2.26. The SMILES string of the molecule is C[NH+](C)[C@H](CNc1ncnc2sccc12)c1c(F)cccc1Cl. The number of nitrogens with zero attached hydrogens (tertiary/aromatic N) is 2. The van der Waals surface area contributed by atoms with Gasteiger partial charge in [0.05, 0.1) is 36.6 Å². The third-order valence-electron chi connectivity index (χ3n) is 3.78. The fourth-order valence-electron chi connectivity index (χ4n) is 2.57. The fraction of sp³-hybridized carbons (Fsp3) is 0.250. The van der Waals surface area contributed by atoms with Crippen LogP contribution in [0.5, 0.6) is 0 Å². The molecule has 0 fully saturated rings. The molecule has 0 unspecified atom stereocenters. The first-order valence-electron chi connectivity index (χ1n) is 7.24. The lowest BCUT2D eigenvalue weighted by atomic mass is 10.0. The number of likely N-dealkylation sites (N-methyl/N-ethyl adjacent to an activating group) is 1. The summed E-state index contributed by atoms with van der Waals surface area (Å²) in [4.78, 5) is 10.5. The zero-order valence-corrected chi connectivity index (χ0v) is 14.4. The molecule has 120 valence electrons. The Morgan fingerprint density at radius 2 is 2.13 bits per heavy atom. The van der Waals surface area contributed by atoms with E-state index >= 15 is 0 Å². The number of hydrogen-bond acceptors (Lipinski definition) is 4. The van der Waals surface area contributed by atoms with E-state index in [4.69, 9.17) is 11.6 Å². The van der Waals surface area contributed by atoms with Gasteiger partial charge < -0.3 is 10.2 Å².